The van der Waals surface area contributed by atoms with Gasteiger partial charge in [0.2, 0.25) is 0 Å². The topological polar surface area (TPSA) is 75.7 Å². The Balaban J connectivity index is 1.61. The van der Waals surface area contributed by atoms with Crippen LogP contribution in [0.25, 0.3) is 0 Å². The lowest BCUT2D eigenvalue weighted by atomic mass is 10.1. The highest BCUT2D eigenvalue weighted by Gasteiger charge is 2.41. The van der Waals surface area contributed by atoms with E-state index in [0.29, 0.717) is 40.6 Å². The molecule has 0 radical (unpaired) electrons. The first-order valence-corrected chi connectivity index (χ1v) is 12.2. The molecular formula is C22H12Br4N2O4. The average molecular weight is 688 g/mol. The lowest BCUT2D eigenvalue weighted by Gasteiger charge is -2.14. The molecule has 0 aromatic heterocycles. The Bertz CT molecular complexity index is 1250. The largest absolute Gasteiger partial charge is 0.497 e. The molecule has 1 aliphatic heterocycles. The molecule has 1 aliphatic rings. The van der Waals surface area contributed by atoms with Crippen molar-refractivity contribution in [2.24, 2.45) is 0 Å². The molecule has 1 N–H and O–H groups in total. The smallest absolute Gasteiger partial charge is 0.267 e. The van der Waals surface area contributed by atoms with Gasteiger partial charge >= 0.3 is 0 Å². The summed E-state index contributed by atoms with van der Waals surface area (Å²) < 4.78 is 7.37. The average Bonchev–Trinajstić information content (AvgIpc) is 3.06. The van der Waals surface area contributed by atoms with Crippen LogP contribution in [-0.4, -0.2) is 24.8 Å². The van der Waals surface area contributed by atoms with Gasteiger partial charge in [-0.25, -0.2) is 4.90 Å². The molecule has 32 heavy (non-hydrogen) atoms. The first kappa shape index (κ1) is 23.2. The number of halogens is 4. The van der Waals surface area contributed by atoms with Gasteiger partial charge in [0.05, 0.1) is 23.9 Å². The van der Waals surface area contributed by atoms with E-state index < -0.39 is 11.8 Å². The molecule has 3 amide bonds. The third-order valence-electron chi connectivity index (χ3n) is 4.82. The van der Waals surface area contributed by atoms with Crippen LogP contribution in [0.15, 0.2) is 66.4 Å². The monoisotopic (exact) mass is 684 g/mol. The molecule has 0 unspecified atom stereocenters. The molecular weight excluding hydrogens is 676 g/mol. The maximum Gasteiger partial charge on any atom is 0.267 e. The molecule has 0 spiro atoms. The SMILES string of the molecule is COc1cccc(NC(=O)c2ccc(N3C(=O)c4c(Br)c(Br)c(Br)c(Br)c4C3=O)cc2)c1. The Labute approximate surface area is 216 Å². The zero-order valence-electron chi connectivity index (χ0n) is 16.2. The number of carbonyl (C=O) groups excluding carboxylic acids is 3. The van der Waals surface area contributed by atoms with Gasteiger partial charge in [-0.05, 0) is 100 Å². The number of ether oxygens (including phenoxy) is 1. The summed E-state index contributed by atoms with van der Waals surface area (Å²) in [6.07, 6.45) is 0. The Morgan fingerprint density at radius 3 is 1.94 bits per heavy atom. The Morgan fingerprint density at radius 1 is 0.844 bits per heavy atom. The quantitative estimate of drug-likeness (QED) is 0.186. The zero-order valence-corrected chi connectivity index (χ0v) is 22.6. The van der Waals surface area contributed by atoms with Crippen LogP contribution in [0.3, 0.4) is 0 Å². The fourth-order valence-corrected chi connectivity index (χ4v) is 5.71. The second-order valence-corrected chi connectivity index (χ2v) is 9.86. The van der Waals surface area contributed by atoms with Gasteiger partial charge in [0.15, 0.2) is 0 Å². The molecule has 162 valence electrons. The summed E-state index contributed by atoms with van der Waals surface area (Å²) in [5.74, 6) is -0.622. The molecule has 0 atom stereocenters. The summed E-state index contributed by atoms with van der Waals surface area (Å²) in [5, 5.41) is 2.79. The molecule has 3 aromatic rings. The minimum atomic E-state index is -0.459. The van der Waals surface area contributed by atoms with Crippen LogP contribution in [0.4, 0.5) is 11.4 Å². The number of amides is 3. The van der Waals surface area contributed by atoms with Gasteiger partial charge < -0.3 is 10.1 Å². The highest BCUT2D eigenvalue weighted by atomic mass is 79.9. The van der Waals surface area contributed by atoms with E-state index in [1.54, 1.807) is 55.6 Å². The van der Waals surface area contributed by atoms with Gasteiger partial charge in [-0.15, -0.1) is 0 Å². The summed E-state index contributed by atoms with van der Waals surface area (Å²) in [5.41, 5.74) is 1.85. The summed E-state index contributed by atoms with van der Waals surface area (Å²) in [6.45, 7) is 0. The van der Waals surface area contributed by atoms with Gasteiger partial charge in [-0.2, -0.15) is 0 Å². The fourth-order valence-electron chi connectivity index (χ4n) is 3.25. The van der Waals surface area contributed by atoms with E-state index in [1.165, 1.54) is 0 Å². The van der Waals surface area contributed by atoms with E-state index >= 15 is 0 Å². The van der Waals surface area contributed by atoms with E-state index in [4.69, 9.17) is 4.74 Å². The van der Waals surface area contributed by atoms with Crippen molar-refractivity contribution in [3.8, 4) is 5.75 Å². The van der Waals surface area contributed by atoms with Gasteiger partial charge in [0.25, 0.3) is 17.7 Å². The summed E-state index contributed by atoms with van der Waals surface area (Å²) in [4.78, 5) is 39.9. The van der Waals surface area contributed by atoms with Crippen LogP contribution in [0.5, 0.6) is 5.75 Å². The number of nitrogens with one attached hydrogen (secondary N) is 1. The maximum absolute atomic E-state index is 13.1. The van der Waals surface area contributed by atoms with E-state index in [9.17, 15) is 14.4 Å². The number of anilines is 2. The molecule has 3 aromatic carbocycles. The molecule has 1 heterocycles. The number of hydrogen-bond donors (Lipinski definition) is 1. The molecule has 10 heteroatoms. The third-order valence-corrected chi connectivity index (χ3v) is 9.58. The van der Waals surface area contributed by atoms with Gasteiger partial charge in [-0.1, -0.05) is 6.07 Å². The van der Waals surface area contributed by atoms with Crippen molar-refractivity contribution in [2.75, 3.05) is 17.3 Å². The zero-order chi connectivity index (χ0) is 23.2. The number of methoxy groups -OCH3 is 1. The lowest BCUT2D eigenvalue weighted by molar-refractivity contribution is 0.0925. The molecule has 0 aliphatic carbocycles. The number of fused-ring (bicyclic) bond motifs is 1. The number of benzene rings is 3. The number of nitrogens with zero attached hydrogens (tertiary/aromatic N) is 1. The van der Waals surface area contributed by atoms with Gasteiger partial charge in [0.1, 0.15) is 5.75 Å². The molecule has 4 rings (SSSR count). The minimum absolute atomic E-state index is 0.261. The van der Waals surface area contributed by atoms with Crippen LogP contribution in [0.2, 0.25) is 0 Å². The summed E-state index contributed by atoms with van der Waals surface area (Å²) in [7, 11) is 1.55. The fraction of sp³-hybridized carbons (Fsp3) is 0.0455. The lowest BCUT2D eigenvalue weighted by Crippen LogP contribution is -2.29. The molecule has 0 saturated carbocycles. The molecule has 0 saturated heterocycles. The van der Waals surface area contributed by atoms with Gasteiger partial charge in [-0.3, -0.25) is 14.4 Å². The molecule has 6 nitrogen and oxygen atoms in total. The van der Waals surface area contributed by atoms with Crippen molar-refractivity contribution in [1.82, 2.24) is 0 Å². The number of imide groups is 1. The Morgan fingerprint density at radius 2 is 1.41 bits per heavy atom. The first-order chi connectivity index (χ1) is 15.2. The van der Waals surface area contributed by atoms with Crippen molar-refractivity contribution in [3.05, 3.63) is 83.1 Å². The van der Waals surface area contributed by atoms with E-state index in [-0.39, 0.29) is 17.0 Å². The number of hydrogen-bond acceptors (Lipinski definition) is 4. The predicted molar refractivity (Wildman–Crippen MR) is 136 cm³/mol. The highest BCUT2D eigenvalue weighted by molar-refractivity contribution is 9.15. The number of rotatable bonds is 4. The van der Waals surface area contributed by atoms with Crippen molar-refractivity contribution >= 4 is 92.8 Å². The van der Waals surface area contributed by atoms with Gasteiger partial charge in [0, 0.05) is 35.2 Å². The van der Waals surface area contributed by atoms with Crippen molar-refractivity contribution in [2.45, 2.75) is 0 Å². The van der Waals surface area contributed by atoms with Crippen LogP contribution < -0.4 is 15.0 Å². The van der Waals surface area contributed by atoms with Crippen LogP contribution in [-0.2, 0) is 0 Å². The van der Waals surface area contributed by atoms with E-state index in [0.717, 1.165) is 4.90 Å². The first-order valence-electron chi connectivity index (χ1n) is 9.04. The number of carbonyl (C=O) groups is 3. The van der Waals surface area contributed by atoms with Crippen molar-refractivity contribution < 1.29 is 19.1 Å². The normalized spacial score (nSPS) is 12.7. The highest BCUT2D eigenvalue weighted by Crippen LogP contribution is 2.46. The minimum Gasteiger partial charge on any atom is -0.497 e. The van der Waals surface area contributed by atoms with E-state index in [1.807, 2.05) is 0 Å². The second-order valence-electron chi connectivity index (χ2n) is 6.68. The maximum atomic E-state index is 13.1. The van der Waals surface area contributed by atoms with Crippen LogP contribution in [0, 0.1) is 0 Å². The van der Waals surface area contributed by atoms with Crippen LogP contribution in [0.1, 0.15) is 31.1 Å². The summed E-state index contributed by atoms with van der Waals surface area (Å²) >= 11 is 13.6. The predicted octanol–water partition coefficient (Wildman–Crippen LogP) is 6.80. The standard InChI is InChI=1S/C22H12Br4N2O4/c1-32-13-4-2-3-11(9-13)27-20(29)10-5-7-12(8-6-10)28-21(30)14-15(22(28)31)17(24)19(26)18(25)16(14)23/h2-9H,1H3,(H,27,29). The Hall–Kier alpha value is -2.01. The second kappa shape index (κ2) is 9.09. The Kier molecular flexibility index (Phi) is 6.58. The summed E-state index contributed by atoms with van der Waals surface area (Å²) in [6, 6.07) is 13.3. The van der Waals surface area contributed by atoms with Crippen molar-refractivity contribution in [1.29, 1.82) is 0 Å². The van der Waals surface area contributed by atoms with Crippen molar-refractivity contribution in [3.63, 3.8) is 0 Å². The molecule has 0 fully saturated rings. The molecule has 0 bridgehead atoms. The van der Waals surface area contributed by atoms with E-state index in [2.05, 4.69) is 69.0 Å². The van der Waals surface area contributed by atoms with Crippen LogP contribution >= 0.6 is 63.7 Å². The third kappa shape index (κ3) is 3.93.